The Bertz CT molecular complexity index is 734. The topological polar surface area (TPSA) is 55.6 Å². The second-order valence-corrected chi connectivity index (χ2v) is 5.04. The van der Waals surface area contributed by atoms with Gasteiger partial charge in [0.2, 0.25) is 0 Å². The van der Waals surface area contributed by atoms with Gasteiger partial charge < -0.3 is 5.32 Å². The van der Waals surface area contributed by atoms with Crippen LogP contribution in [0.15, 0.2) is 48.8 Å². The summed E-state index contributed by atoms with van der Waals surface area (Å²) in [6, 6.07) is 14.6. The van der Waals surface area contributed by atoms with Crippen molar-refractivity contribution in [1.82, 2.24) is 20.2 Å². The third-order valence-corrected chi connectivity index (χ3v) is 3.55. The maximum atomic E-state index is 3.95. The number of hydrogen-bond donors (Lipinski definition) is 1. The molecule has 0 unspecified atom stereocenters. The van der Waals surface area contributed by atoms with E-state index in [0.717, 1.165) is 23.5 Å². The molecule has 5 heteroatoms. The van der Waals surface area contributed by atoms with Crippen molar-refractivity contribution in [3.8, 4) is 5.69 Å². The Morgan fingerprint density at radius 1 is 1.05 bits per heavy atom. The lowest BCUT2D eigenvalue weighted by Gasteiger charge is -2.11. The maximum Gasteiger partial charge on any atom is 0.143 e. The molecule has 0 atom stereocenters. The summed E-state index contributed by atoms with van der Waals surface area (Å²) in [6.45, 7) is 4.96. The normalized spacial score (nSPS) is 10.6. The summed E-state index contributed by atoms with van der Waals surface area (Å²) >= 11 is 0. The summed E-state index contributed by atoms with van der Waals surface area (Å²) in [6.07, 6.45) is 1.60. The molecule has 3 rings (SSSR count). The van der Waals surface area contributed by atoms with Gasteiger partial charge in [0.25, 0.3) is 0 Å². The Morgan fingerprint density at radius 2 is 1.90 bits per heavy atom. The zero-order valence-electron chi connectivity index (χ0n) is 12.1. The first-order valence-corrected chi connectivity index (χ1v) is 6.86. The highest BCUT2D eigenvalue weighted by molar-refractivity contribution is 5.54. The molecule has 0 bridgehead atoms. The summed E-state index contributed by atoms with van der Waals surface area (Å²) in [5, 5.41) is 14.8. The van der Waals surface area contributed by atoms with Crippen LogP contribution in [0.4, 0.5) is 5.69 Å². The van der Waals surface area contributed by atoms with Crippen LogP contribution < -0.4 is 5.32 Å². The molecule has 0 spiro atoms. The number of benzene rings is 2. The van der Waals surface area contributed by atoms with E-state index in [0.29, 0.717) is 0 Å². The number of nitrogens with one attached hydrogen (secondary N) is 1. The molecule has 5 nitrogen and oxygen atoms in total. The summed E-state index contributed by atoms with van der Waals surface area (Å²) in [5.41, 5.74) is 5.74. The second-order valence-electron chi connectivity index (χ2n) is 5.04. The van der Waals surface area contributed by atoms with E-state index in [2.05, 4.69) is 70.2 Å². The molecule has 1 aromatic heterocycles. The number of tetrazole rings is 1. The van der Waals surface area contributed by atoms with Gasteiger partial charge in [0.1, 0.15) is 6.33 Å². The average Bonchev–Trinajstić information content (AvgIpc) is 3.02. The standard InChI is InChI=1S/C16H17N5/c1-12-5-3-4-6-14(12)10-17-15-8-7-13(2)16(9-15)21-11-18-19-20-21/h3-9,11,17H,10H2,1-2H3. The Kier molecular flexibility index (Phi) is 3.64. The number of aryl methyl sites for hydroxylation is 2. The van der Waals surface area contributed by atoms with Crippen molar-refractivity contribution in [2.24, 2.45) is 0 Å². The lowest BCUT2D eigenvalue weighted by molar-refractivity contribution is 0.785. The maximum absolute atomic E-state index is 3.95. The minimum absolute atomic E-state index is 0.796. The molecular formula is C16H17N5. The highest BCUT2D eigenvalue weighted by Crippen LogP contribution is 2.19. The third kappa shape index (κ3) is 2.91. The van der Waals surface area contributed by atoms with E-state index >= 15 is 0 Å². The zero-order valence-corrected chi connectivity index (χ0v) is 12.1. The Balaban J connectivity index is 1.81. The first-order valence-electron chi connectivity index (χ1n) is 6.86. The van der Waals surface area contributed by atoms with Gasteiger partial charge in [0, 0.05) is 12.2 Å². The van der Waals surface area contributed by atoms with Crippen LogP contribution in [0.2, 0.25) is 0 Å². The van der Waals surface area contributed by atoms with Crippen LogP contribution in [0.25, 0.3) is 5.69 Å². The van der Waals surface area contributed by atoms with Crippen LogP contribution in [0.3, 0.4) is 0 Å². The molecule has 1 N–H and O–H groups in total. The van der Waals surface area contributed by atoms with E-state index < -0.39 is 0 Å². The van der Waals surface area contributed by atoms with E-state index in [9.17, 15) is 0 Å². The van der Waals surface area contributed by atoms with Gasteiger partial charge in [-0.25, -0.2) is 4.68 Å². The van der Waals surface area contributed by atoms with Gasteiger partial charge in [-0.2, -0.15) is 0 Å². The number of hydrogen-bond acceptors (Lipinski definition) is 4. The monoisotopic (exact) mass is 279 g/mol. The van der Waals surface area contributed by atoms with Gasteiger partial charge in [-0.05, 0) is 53.1 Å². The predicted molar refractivity (Wildman–Crippen MR) is 82.4 cm³/mol. The SMILES string of the molecule is Cc1ccccc1CNc1ccc(C)c(-n2cnnn2)c1. The van der Waals surface area contributed by atoms with Gasteiger partial charge in [-0.3, -0.25) is 0 Å². The Labute approximate surface area is 123 Å². The fourth-order valence-electron chi connectivity index (χ4n) is 2.24. The van der Waals surface area contributed by atoms with E-state index in [1.807, 2.05) is 6.92 Å². The fourth-order valence-corrected chi connectivity index (χ4v) is 2.24. The largest absolute Gasteiger partial charge is 0.381 e. The van der Waals surface area contributed by atoms with Crippen molar-refractivity contribution in [3.63, 3.8) is 0 Å². The smallest absolute Gasteiger partial charge is 0.143 e. The molecule has 0 aliphatic carbocycles. The second kappa shape index (κ2) is 5.75. The third-order valence-electron chi connectivity index (χ3n) is 3.55. The summed E-state index contributed by atoms with van der Waals surface area (Å²) in [7, 11) is 0. The molecule has 3 aromatic rings. The first-order chi connectivity index (χ1) is 10.2. The summed E-state index contributed by atoms with van der Waals surface area (Å²) in [4.78, 5) is 0. The number of rotatable bonds is 4. The molecule has 1 heterocycles. The molecular weight excluding hydrogens is 262 g/mol. The molecule has 0 aliphatic rings. The molecule has 0 radical (unpaired) electrons. The van der Waals surface area contributed by atoms with Crippen LogP contribution in [-0.2, 0) is 6.54 Å². The quantitative estimate of drug-likeness (QED) is 0.798. The van der Waals surface area contributed by atoms with Gasteiger partial charge in [0.05, 0.1) is 5.69 Å². The zero-order chi connectivity index (χ0) is 14.7. The van der Waals surface area contributed by atoms with Crippen LogP contribution in [0.5, 0.6) is 0 Å². The predicted octanol–water partition coefficient (Wildman–Crippen LogP) is 2.89. The van der Waals surface area contributed by atoms with E-state index in [1.54, 1.807) is 11.0 Å². The molecule has 2 aromatic carbocycles. The van der Waals surface area contributed by atoms with Crippen LogP contribution in [0, 0.1) is 13.8 Å². The Hall–Kier alpha value is -2.69. The summed E-state index contributed by atoms with van der Waals surface area (Å²) in [5.74, 6) is 0. The minimum Gasteiger partial charge on any atom is -0.381 e. The Morgan fingerprint density at radius 3 is 2.67 bits per heavy atom. The van der Waals surface area contributed by atoms with Crippen LogP contribution in [-0.4, -0.2) is 20.2 Å². The van der Waals surface area contributed by atoms with Crippen molar-refractivity contribution < 1.29 is 0 Å². The molecule has 21 heavy (non-hydrogen) atoms. The molecule has 0 aliphatic heterocycles. The lowest BCUT2D eigenvalue weighted by Crippen LogP contribution is -2.03. The highest BCUT2D eigenvalue weighted by atomic mass is 15.5. The highest BCUT2D eigenvalue weighted by Gasteiger charge is 2.04. The molecule has 0 amide bonds. The van der Waals surface area contributed by atoms with Gasteiger partial charge in [0.15, 0.2) is 0 Å². The van der Waals surface area contributed by atoms with Crippen LogP contribution >= 0.6 is 0 Å². The van der Waals surface area contributed by atoms with Crippen molar-refractivity contribution >= 4 is 5.69 Å². The van der Waals surface area contributed by atoms with Gasteiger partial charge in [-0.1, -0.05) is 30.3 Å². The van der Waals surface area contributed by atoms with Crippen molar-refractivity contribution in [2.75, 3.05) is 5.32 Å². The van der Waals surface area contributed by atoms with E-state index in [4.69, 9.17) is 0 Å². The minimum atomic E-state index is 0.796. The fraction of sp³-hybridized carbons (Fsp3) is 0.188. The molecule has 0 saturated carbocycles. The van der Waals surface area contributed by atoms with Gasteiger partial charge in [-0.15, -0.1) is 5.10 Å². The number of nitrogens with zero attached hydrogens (tertiary/aromatic N) is 4. The van der Waals surface area contributed by atoms with E-state index in [1.165, 1.54) is 11.1 Å². The lowest BCUT2D eigenvalue weighted by atomic mass is 10.1. The van der Waals surface area contributed by atoms with E-state index in [-0.39, 0.29) is 0 Å². The first kappa shape index (κ1) is 13.3. The number of anilines is 1. The molecule has 106 valence electrons. The molecule has 0 fully saturated rings. The van der Waals surface area contributed by atoms with Crippen molar-refractivity contribution in [3.05, 3.63) is 65.5 Å². The van der Waals surface area contributed by atoms with Crippen LogP contribution in [0.1, 0.15) is 16.7 Å². The average molecular weight is 279 g/mol. The number of aromatic nitrogens is 4. The summed E-state index contributed by atoms with van der Waals surface area (Å²) < 4.78 is 1.67. The van der Waals surface area contributed by atoms with Crippen molar-refractivity contribution in [1.29, 1.82) is 0 Å². The molecule has 0 saturated heterocycles. The van der Waals surface area contributed by atoms with Gasteiger partial charge >= 0.3 is 0 Å². The van der Waals surface area contributed by atoms with Crippen molar-refractivity contribution in [2.45, 2.75) is 20.4 Å².